The Balaban J connectivity index is 1.97. The molecular weight excluding hydrogens is 212 g/mol. The van der Waals surface area contributed by atoms with E-state index in [-0.39, 0.29) is 5.58 Å². The van der Waals surface area contributed by atoms with Gasteiger partial charge in [-0.25, -0.2) is 8.78 Å². The lowest BCUT2D eigenvalue weighted by Gasteiger charge is -2.00. The van der Waals surface area contributed by atoms with Crippen molar-refractivity contribution in [2.45, 2.75) is 25.4 Å². The largest absolute Gasteiger partial charge is 0.461 e. The smallest absolute Gasteiger partial charge is 0.170 e. The van der Waals surface area contributed by atoms with Gasteiger partial charge in [0.15, 0.2) is 11.4 Å². The Morgan fingerprint density at radius 3 is 2.88 bits per heavy atom. The molecule has 0 radical (unpaired) electrons. The molecule has 1 heterocycles. The van der Waals surface area contributed by atoms with E-state index in [1.165, 1.54) is 25.2 Å². The molecule has 0 bridgehead atoms. The first kappa shape index (κ1) is 9.78. The van der Waals surface area contributed by atoms with Crippen LogP contribution in [0.15, 0.2) is 22.8 Å². The molecule has 84 valence electrons. The normalized spacial score (nSPS) is 15.9. The summed E-state index contributed by atoms with van der Waals surface area (Å²) in [6.07, 6.45) is 3.85. The number of rotatable bonds is 3. The summed E-state index contributed by atoms with van der Waals surface area (Å²) < 4.78 is 31.5. The molecule has 3 rings (SSSR count). The number of furan rings is 1. The summed E-state index contributed by atoms with van der Waals surface area (Å²) >= 11 is 0. The summed E-state index contributed by atoms with van der Waals surface area (Å²) in [5, 5.41) is 3.80. The van der Waals surface area contributed by atoms with Gasteiger partial charge in [0.1, 0.15) is 5.82 Å². The summed E-state index contributed by atoms with van der Waals surface area (Å²) in [5.41, 5.74) is 0.939. The Kier molecular flexibility index (Phi) is 2.17. The van der Waals surface area contributed by atoms with Crippen molar-refractivity contribution in [2.75, 3.05) is 0 Å². The van der Waals surface area contributed by atoms with Gasteiger partial charge in [0, 0.05) is 29.6 Å². The average Bonchev–Trinajstić information content (AvgIpc) is 2.97. The van der Waals surface area contributed by atoms with E-state index < -0.39 is 11.6 Å². The SMILES string of the molecule is Fc1cc(F)c2occ(CNC3CC3)c2c1. The first-order valence-corrected chi connectivity index (χ1v) is 5.32. The molecule has 0 aliphatic heterocycles. The standard InChI is InChI=1S/C12H11F2NO/c13-8-3-10-7(5-15-9-1-2-9)6-16-12(10)11(14)4-8/h3-4,6,9,15H,1-2,5H2. The molecule has 2 nitrogen and oxygen atoms in total. The topological polar surface area (TPSA) is 25.2 Å². The van der Waals surface area contributed by atoms with Crippen LogP contribution in [0.5, 0.6) is 0 Å². The van der Waals surface area contributed by atoms with Crippen molar-refractivity contribution < 1.29 is 13.2 Å². The molecular formula is C12H11F2NO. The highest BCUT2D eigenvalue weighted by Crippen LogP contribution is 2.26. The van der Waals surface area contributed by atoms with Crippen LogP contribution in [-0.4, -0.2) is 6.04 Å². The first-order valence-electron chi connectivity index (χ1n) is 5.32. The summed E-state index contributed by atoms with van der Waals surface area (Å²) in [7, 11) is 0. The summed E-state index contributed by atoms with van der Waals surface area (Å²) in [4.78, 5) is 0. The zero-order chi connectivity index (χ0) is 11.1. The highest BCUT2D eigenvalue weighted by atomic mass is 19.1. The van der Waals surface area contributed by atoms with Crippen LogP contribution >= 0.6 is 0 Å². The Morgan fingerprint density at radius 1 is 1.31 bits per heavy atom. The van der Waals surface area contributed by atoms with Gasteiger partial charge in [-0.2, -0.15) is 0 Å². The maximum absolute atomic E-state index is 13.3. The molecule has 2 aromatic rings. The van der Waals surface area contributed by atoms with Crippen molar-refractivity contribution in [1.82, 2.24) is 5.32 Å². The molecule has 1 N–H and O–H groups in total. The zero-order valence-electron chi connectivity index (χ0n) is 8.59. The van der Waals surface area contributed by atoms with Crippen LogP contribution in [0.4, 0.5) is 8.78 Å². The fraction of sp³-hybridized carbons (Fsp3) is 0.333. The second kappa shape index (κ2) is 3.56. The molecule has 0 spiro atoms. The van der Waals surface area contributed by atoms with Gasteiger partial charge >= 0.3 is 0 Å². The Morgan fingerprint density at radius 2 is 2.12 bits per heavy atom. The molecule has 0 atom stereocenters. The molecule has 1 aromatic heterocycles. The van der Waals surface area contributed by atoms with Gasteiger partial charge in [-0.05, 0) is 18.9 Å². The number of fused-ring (bicyclic) bond motifs is 1. The molecule has 1 fully saturated rings. The molecule has 1 aliphatic carbocycles. The van der Waals surface area contributed by atoms with Gasteiger partial charge in [-0.15, -0.1) is 0 Å². The predicted molar refractivity (Wildman–Crippen MR) is 56.0 cm³/mol. The van der Waals surface area contributed by atoms with E-state index in [0.29, 0.717) is 18.0 Å². The second-order valence-corrected chi connectivity index (χ2v) is 4.18. The summed E-state index contributed by atoms with van der Waals surface area (Å²) in [5.74, 6) is -1.22. The third-order valence-electron chi connectivity index (χ3n) is 2.83. The van der Waals surface area contributed by atoms with E-state index in [1.54, 1.807) is 0 Å². The van der Waals surface area contributed by atoms with Gasteiger partial charge in [0.2, 0.25) is 0 Å². The van der Waals surface area contributed by atoms with E-state index in [4.69, 9.17) is 4.42 Å². The Labute approximate surface area is 91.2 Å². The van der Waals surface area contributed by atoms with Crippen molar-refractivity contribution in [2.24, 2.45) is 0 Å². The molecule has 1 aromatic carbocycles. The number of nitrogens with one attached hydrogen (secondary N) is 1. The van der Waals surface area contributed by atoms with Gasteiger partial charge in [-0.3, -0.25) is 0 Å². The lowest BCUT2D eigenvalue weighted by molar-refractivity contribution is 0.544. The minimum atomic E-state index is -0.646. The van der Waals surface area contributed by atoms with Crippen molar-refractivity contribution in [1.29, 1.82) is 0 Å². The molecule has 0 unspecified atom stereocenters. The van der Waals surface area contributed by atoms with Crippen LogP contribution < -0.4 is 5.32 Å². The Bertz CT molecular complexity index is 531. The van der Waals surface area contributed by atoms with Crippen LogP contribution in [0.25, 0.3) is 11.0 Å². The number of hydrogen-bond acceptors (Lipinski definition) is 2. The van der Waals surface area contributed by atoms with E-state index in [9.17, 15) is 8.78 Å². The second-order valence-electron chi connectivity index (χ2n) is 4.18. The van der Waals surface area contributed by atoms with Crippen molar-refractivity contribution >= 4 is 11.0 Å². The molecule has 1 saturated carbocycles. The van der Waals surface area contributed by atoms with Gasteiger partial charge in [0.05, 0.1) is 6.26 Å². The minimum absolute atomic E-state index is 0.133. The zero-order valence-corrected chi connectivity index (χ0v) is 8.59. The van der Waals surface area contributed by atoms with Crippen molar-refractivity contribution in [3.63, 3.8) is 0 Å². The third kappa shape index (κ3) is 1.69. The van der Waals surface area contributed by atoms with Crippen molar-refractivity contribution in [3.05, 3.63) is 35.6 Å². The highest BCUT2D eigenvalue weighted by molar-refractivity contribution is 5.81. The molecule has 16 heavy (non-hydrogen) atoms. The molecule has 0 saturated heterocycles. The summed E-state index contributed by atoms with van der Waals surface area (Å²) in [6.45, 7) is 0.598. The first-order chi connectivity index (χ1) is 7.74. The van der Waals surface area contributed by atoms with E-state index >= 15 is 0 Å². The van der Waals surface area contributed by atoms with Crippen LogP contribution in [0.2, 0.25) is 0 Å². The van der Waals surface area contributed by atoms with Crippen LogP contribution in [0, 0.1) is 11.6 Å². The van der Waals surface area contributed by atoms with Gasteiger partial charge in [-0.1, -0.05) is 0 Å². The molecule has 4 heteroatoms. The van der Waals surface area contributed by atoms with Crippen LogP contribution in [0.1, 0.15) is 18.4 Å². The monoisotopic (exact) mass is 223 g/mol. The fourth-order valence-corrected chi connectivity index (χ4v) is 1.79. The van der Waals surface area contributed by atoms with Crippen molar-refractivity contribution in [3.8, 4) is 0 Å². The van der Waals surface area contributed by atoms with E-state index in [1.807, 2.05) is 0 Å². The van der Waals surface area contributed by atoms with E-state index in [0.717, 1.165) is 11.6 Å². The van der Waals surface area contributed by atoms with E-state index in [2.05, 4.69) is 5.32 Å². The average molecular weight is 223 g/mol. The number of hydrogen-bond donors (Lipinski definition) is 1. The maximum Gasteiger partial charge on any atom is 0.170 e. The van der Waals surface area contributed by atoms with Crippen LogP contribution in [0.3, 0.4) is 0 Å². The fourth-order valence-electron chi connectivity index (χ4n) is 1.79. The van der Waals surface area contributed by atoms with Crippen LogP contribution in [-0.2, 0) is 6.54 Å². The minimum Gasteiger partial charge on any atom is -0.461 e. The molecule has 1 aliphatic rings. The molecule has 0 amide bonds. The number of benzene rings is 1. The highest BCUT2D eigenvalue weighted by Gasteiger charge is 2.21. The lowest BCUT2D eigenvalue weighted by atomic mass is 10.1. The Hall–Kier alpha value is -1.42. The van der Waals surface area contributed by atoms with Gasteiger partial charge < -0.3 is 9.73 Å². The predicted octanol–water partition coefficient (Wildman–Crippen LogP) is 2.96. The van der Waals surface area contributed by atoms with Gasteiger partial charge in [0.25, 0.3) is 0 Å². The maximum atomic E-state index is 13.3. The lowest BCUT2D eigenvalue weighted by Crippen LogP contribution is -2.14. The summed E-state index contributed by atoms with van der Waals surface area (Å²) in [6, 6.07) is 2.71. The number of halogens is 2. The third-order valence-corrected chi connectivity index (χ3v) is 2.83. The quantitative estimate of drug-likeness (QED) is 0.865.